The number of benzene rings is 1. The fraction of sp³-hybridized carbons (Fsp3) is 0.375. The number of carbonyl (C=O) groups excluding carboxylic acids is 2. The molecule has 0 unspecified atom stereocenters. The Morgan fingerprint density at radius 1 is 1.24 bits per heavy atom. The molecule has 0 aliphatic rings. The summed E-state index contributed by atoms with van der Waals surface area (Å²) in [5.74, 6) is 0.482. The van der Waals surface area contributed by atoms with Crippen LogP contribution in [0, 0.1) is 5.92 Å². The molecule has 0 saturated heterocycles. The van der Waals surface area contributed by atoms with Gasteiger partial charge >= 0.3 is 0 Å². The molecule has 0 saturated carbocycles. The van der Waals surface area contributed by atoms with Gasteiger partial charge in [0.1, 0.15) is 5.75 Å². The largest absolute Gasteiger partial charge is 0.497 e. The van der Waals surface area contributed by atoms with Crippen LogP contribution in [0.1, 0.15) is 19.4 Å². The van der Waals surface area contributed by atoms with Crippen molar-refractivity contribution >= 4 is 17.9 Å². The molecule has 21 heavy (non-hydrogen) atoms. The zero-order chi connectivity index (χ0) is 15.7. The van der Waals surface area contributed by atoms with Gasteiger partial charge in [-0.25, -0.2) is 0 Å². The molecule has 0 aliphatic carbocycles. The van der Waals surface area contributed by atoms with Gasteiger partial charge in [0.2, 0.25) is 11.8 Å². The van der Waals surface area contributed by atoms with Crippen molar-refractivity contribution in [3.05, 3.63) is 35.9 Å². The smallest absolute Gasteiger partial charge is 0.244 e. The lowest BCUT2D eigenvalue weighted by molar-refractivity contribution is -0.124. The molecule has 5 heteroatoms. The summed E-state index contributed by atoms with van der Waals surface area (Å²) in [5, 5.41) is 5.44. The molecule has 0 aromatic heterocycles. The third-order valence-electron chi connectivity index (χ3n) is 2.77. The second kappa shape index (κ2) is 8.79. The maximum absolute atomic E-state index is 11.6. The minimum atomic E-state index is -0.198. The van der Waals surface area contributed by atoms with E-state index < -0.39 is 0 Å². The SMILES string of the molecule is COc1cccc(/C=C/C(=O)NCCNC(=O)C(C)C)c1. The molecule has 0 aliphatic heterocycles. The zero-order valence-corrected chi connectivity index (χ0v) is 12.7. The third-order valence-corrected chi connectivity index (χ3v) is 2.77. The van der Waals surface area contributed by atoms with Crippen LogP contribution in [0.25, 0.3) is 6.08 Å². The topological polar surface area (TPSA) is 67.4 Å². The van der Waals surface area contributed by atoms with Crippen LogP contribution in [0.15, 0.2) is 30.3 Å². The maximum Gasteiger partial charge on any atom is 0.244 e. The normalized spacial score (nSPS) is 10.7. The lowest BCUT2D eigenvalue weighted by Crippen LogP contribution is -2.35. The lowest BCUT2D eigenvalue weighted by atomic mass is 10.2. The Labute approximate surface area is 125 Å². The van der Waals surface area contributed by atoms with Gasteiger partial charge < -0.3 is 15.4 Å². The van der Waals surface area contributed by atoms with Gasteiger partial charge in [-0.3, -0.25) is 9.59 Å². The van der Waals surface area contributed by atoms with Gasteiger partial charge in [0, 0.05) is 25.1 Å². The maximum atomic E-state index is 11.6. The molecule has 0 fully saturated rings. The summed E-state index contributed by atoms with van der Waals surface area (Å²) in [6.07, 6.45) is 3.17. The summed E-state index contributed by atoms with van der Waals surface area (Å²) in [6, 6.07) is 7.43. The molecule has 0 spiro atoms. The van der Waals surface area contributed by atoms with Crippen LogP contribution in [0.2, 0.25) is 0 Å². The molecule has 5 nitrogen and oxygen atoms in total. The Morgan fingerprint density at radius 3 is 2.62 bits per heavy atom. The van der Waals surface area contributed by atoms with Gasteiger partial charge in [0.15, 0.2) is 0 Å². The highest BCUT2D eigenvalue weighted by molar-refractivity contribution is 5.91. The van der Waals surface area contributed by atoms with E-state index in [1.165, 1.54) is 6.08 Å². The highest BCUT2D eigenvalue weighted by atomic mass is 16.5. The fourth-order valence-electron chi connectivity index (χ4n) is 1.55. The molecule has 0 heterocycles. The second-order valence-corrected chi connectivity index (χ2v) is 4.85. The second-order valence-electron chi connectivity index (χ2n) is 4.85. The van der Waals surface area contributed by atoms with Crippen LogP contribution in [-0.4, -0.2) is 32.0 Å². The summed E-state index contributed by atoms with van der Waals surface area (Å²) in [5.41, 5.74) is 0.887. The van der Waals surface area contributed by atoms with E-state index in [2.05, 4.69) is 10.6 Å². The van der Waals surface area contributed by atoms with Crippen LogP contribution in [0.4, 0.5) is 0 Å². The lowest BCUT2D eigenvalue weighted by Gasteiger charge is -2.07. The van der Waals surface area contributed by atoms with Crippen LogP contribution in [0.5, 0.6) is 5.75 Å². The van der Waals surface area contributed by atoms with Crippen molar-refractivity contribution < 1.29 is 14.3 Å². The molecule has 1 aromatic carbocycles. The molecular weight excluding hydrogens is 268 g/mol. The first-order valence-corrected chi connectivity index (χ1v) is 6.90. The minimum absolute atomic E-state index is 0.0174. The number of nitrogens with one attached hydrogen (secondary N) is 2. The summed E-state index contributed by atoms with van der Waals surface area (Å²) in [4.78, 5) is 22.9. The van der Waals surface area contributed by atoms with Crippen molar-refractivity contribution in [3.63, 3.8) is 0 Å². The van der Waals surface area contributed by atoms with E-state index in [1.807, 2.05) is 38.1 Å². The summed E-state index contributed by atoms with van der Waals surface area (Å²) in [6.45, 7) is 4.48. The molecule has 2 N–H and O–H groups in total. The van der Waals surface area contributed by atoms with Crippen molar-refractivity contribution in [2.24, 2.45) is 5.92 Å². The highest BCUT2D eigenvalue weighted by Crippen LogP contribution is 2.13. The summed E-state index contributed by atoms with van der Waals surface area (Å²) in [7, 11) is 1.60. The molecule has 0 bridgehead atoms. The van der Waals surface area contributed by atoms with Gasteiger partial charge in [-0.2, -0.15) is 0 Å². The number of ether oxygens (including phenoxy) is 1. The van der Waals surface area contributed by atoms with Gasteiger partial charge in [0.05, 0.1) is 7.11 Å². The van der Waals surface area contributed by atoms with E-state index in [0.717, 1.165) is 11.3 Å². The van der Waals surface area contributed by atoms with Crippen molar-refractivity contribution in [3.8, 4) is 5.75 Å². The first-order valence-electron chi connectivity index (χ1n) is 6.90. The molecule has 114 valence electrons. The number of rotatable bonds is 7. The number of carbonyl (C=O) groups is 2. The van der Waals surface area contributed by atoms with E-state index in [4.69, 9.17) is 4.74 Å². The van der Waals surface area contributed by atoms with Gasteiger partial charge in [-0.15, -0.1) is 0 Å². The van der Waals surface area contributed by atoms with E-state index in [0.29, 0.717) is 13.1 Å². The average molecular weight is 290 g/mol. The number of methoxy groups -OCH3 is 1. The monoisotopic (exact) mass is 290 g/mol. The first-order chi connectivity index (χ1) is 10.0. The predicted molar refractivity (Wildman–Crippen MR) is 82.9 cm³/mol. The van der Waals surface area contributed by atoms with Crippen LogP contribution in [-0.2, 0) is 9.59 Å². The first kappa shape index (κ1) is 16.8. The molecule has 2 amide bonds. The van der Waals surface area contributed by atoms with Gasteiger partial charge in [0.25, 0.3) is 0 Å². The zero-order valence-electron chi connectivity index (χ0n) is 12.7. The highest BCUT2D eigenvalue weighted by Gasteiger charge is 2.04. The summed E-state index contributed by atoms with van der Waals surface area (Å²) >= 11 is 0. The van der Waals surface area contributed by atoms with E-state index in [1.54, 1.807) is 13.2 Å². The molecule has 1 aromatic rings. The Balaban J connectivity index is 2.33. The van der Waals surface area contributed by atoms with Crippen molar-refractivity contribution in [1.29, 1.82) is 0 Å². The van der Waals surface area contributed by atoms with Gasteiger partial charge in [-0.05, 0) is 23.8 Å². The standard InChI is InChI=1S/C16H22N2O3/c1-12(2)16(20)18-10-9-17-15(19)8-7-13-5-4-6-14(11-13)21-3/h4-8,11-12H,9-10H2,1-3H3,(H,17,19)(H,18,20)/b8-7+. The Bertz CT molecular complexity index is 510. The molecule has 1 rings (SSSR count). The Morgan fingerprint density at radius 2 is 1.95 bits per heavy atom. The molecule has 0 radical (unpaired) electrons. The average Bonchev–Trinajstić information content (AvgIpc) is 2.49. The predicted octanol–water partition coefficient (Wildman–Crippen LogP) is 1.60. The van der Waals surface area contributed by atoms with Crippen LogP contribution in [0.3, 0.4) is 0 Å². The van der Waals surface area contributed by atoms with Crippen LogP contribution < -0.4 is 15.4 Å². The van der Waals surface area contributed by atoms with Gasteiger partial charge in [-0.1, -0.05) is 26.0 Å². The van der Waals surface area contributed by atoms with Crippen molar-refractivity contribution in [2.75, 3.05) is 20.2 Å². The third kappa shape index (κ3) is 6.61. The minimum Gasteiger partial charge on any atom is -0.497 e. The quantitative estimate of drug-likeness (QED) is 0.592. The van der Waals surface area contributed by atoms with E-state index in [9.17, 15) is 9.59 Å². The van der Waals surface area contributed by atoms with Crippen molar-refractivity contribution in [2.45, 2.75) is 13.8 Å². The molecule has 0 atom stereocenters. The van der Waals surface area contributed by atoms with E-state index in [-0.39, 0.29) is 17.7 Å². The Hall–Kier alpha value is -2.30. The molecular formula is C16H22N2O3. The number of hydrogen-bond acceptors (Lipinski definition) is 3. The fourth-order valence-corrected chi connectivity index (χ4v) is 1.55. The van der Waals surface area contributed by atoms with E-state index >= 15 is 0 Å². The van der Waals surface area contributed by atoms with Crippen LogP contribution >= 0.6 is 0 Å². The number of amides is 2. The Kier molecular flexibility index (Phi) is 7.01. The summed E-state index contributed by atoms with van der Waals surface area (Å²) < 4.78 is 5.11. The van der Waals surface area contributed by atoms with Crippen molar-refractivity contribution in [1.82, 2.24) is 10.6 Å². The number of hydrogen-bond donors (Lipinski definition) is 2.